The molecule has 0 unspecified atom stereocenters. The summed E-state index contributed by atoms with van der Waals surface area (Å²) in [6, 6.07) is 18.1. The molecule has 0 aliphatic carbocycles. The molecule has 0 saturated carbocycles. The number of rotatable bonds is 11. The van der Waals surface area contributed by atoms with Crippen LogP contribution in [-0.4, -0.2) is 16.5 Å². The van der Waals surface area contributed by atoms with Gasteiger partial charge in [0.25, 0.3) is 0 Å². The van der Waals surface area contributed by atoms with Crippen molar-refractivity contribution in [3.63, 3.8) is 0 Å². The molecule has 2 N–H and O–H groups in total. The van der Waals surface area contributed by atoms with Gasteiger partial charge < -0.3 is 10.6 Å². The van der Waals surface area contributed by atoms with Crippen molar-refractivity contribution in [2.75, 3.05) is 11.9 Å². The highest BCUT2D eigenvalue weighted by molar-refractivity contribution is 5.68. The molecule has 2 aromatic carbocycles. The second-order valence-corrected chi connectivity index (χ2v) is 7.06. The quantitative estimate of drug-likeness (QED) is 0.280. The van der Waals surface area contributed by atoms with Gasteiger partial charge in [-0.1, -0.05) is 80.4 Å². The molecule has 0 aliphatic heterocycles. The van der Waals surface area contributed by atoms with Gasteiger partial charge in [0.05, 0.1) is 0 Å². The van der Waals surface area contributed by atoms with E-state index in [1.165, 1.54) is 5.57 Å². The second-order valence-electron chi connectivity index (χ2n) is 7.06. The Hall–Kier alpha value is -3.92. The van der Waals surface area contributed by atoms with Crippen molar-refractivity contribution in [3.8, 4) is 11.1 Å². The largest absolute Gasteiger partial charge is 0.385 e. The third-order valence-corrected chi connectivity index (χ3v) is 4.80. The van der Waals surface area contributed by atoms with E-state index in [-0.39, 0.29) is 0 Å². The van der Waals surface area contributed by atoms with Gasteiger partial charge >= 0.3 is 0 Å². The van der Waals surface area contributed by atoms with Crippen LogP contribution in [0.25, 0.3) is 16.8 Å². The monoisotopic (exact) mass is 408 g/mol. The van der Waals surface area contributed by atoms with Crippen LogP contribution in [0.5, 0.6) is 0 Å². The fourth-order valence-electron chi connectivity index (χ4n) is 3.12. The zero-order chi connectivity index (χ0) is 21.9. The van der Waals surface area contributed by atoms with E-state index >= 15 is 0 Å². The lowest BCUT2D eigenvalue weighted by Gasteiger charge is -2.12. The average Bonchev–Trinajstić information content (AvgIpc) is 2.82. The molecule has 0 fully saturated rings. The van der Waals surface area contributed by atoms with E-state index in [2.05, 4.69) is 40.3 Å². The number of nitrogens with one attached hydrogen (secondary N) is 2. The first-order valence-electron chi connectivity index (χ1n) is 10.3. The number of benzene rings is 2. The smallest absolute Gasteiger partial charge is 0.227 e. The first kappa shape index (κ1) is 21.8. The Morgan fingerprint density at radius 1 is 0.935 bits per heavy atom. The number of hydrogen-bond acceptors (Lipinski definition) is 4. The molecule has 0 spiro atoms. The lowest BCUT2D eigenvalue weighted by atomic mass is 10.1. The molecule has 0 saturated heterocycles. The third kappa shape index (κ3) is 6.54. The normalized spacial score (nSPS) is 10.9. The summed E-state index contributed by atoms with van der Waals surface area (Å²) in [5.74, 6) is 0.557. The van der Waals surface area contributed by atoms with Gasteiger partial charge in [-0.25, -0.2) is 9.97 Å². The van der Waals surface area contributed by atoms with Crippen LogP contribution in [0.4, 0.5) is 11.6 Å². The van der Waals surface area contributed by atoms with Crippen LogP contribution in [-0.2, 0) is 0 Å². The molecule has 3 aromatic rings. The first-order chi connectivity index (χ1) is 15.2. The Morgan fingerprint density at radius 2 is 1.71 bits per heavy atom. The average molecular weight is 409 g/mol. The van der Waals surface area contributed by atoms with Crippen LogP contribution in [0, 0.1) is 0 Å². The van der Waals surface area contributed by atoms with Crippen LogP contribution >= 0.6 is 0 Å². The molecule has 31 heavy (non-hydrogen) atoms. The Labute approximate surface area is 184 Å². The standard InChI is InChI=1S/C27H28N4/c1-4-11-22(5-2)12-10-17-28-21(3)24-15-9-16-26(18-24)31-27-29-19-25(20-30-27)23-13-7-6-8-14-23/h4-9,11,13-16,18-20,28H,1-3,10,12,17H2,(H,29,30,31)/b22-11+. The van der Waals surface area contributed by atoms with Crippen molar-refractivity contribution in [2.24, 2.45) is 0 Å². The van der Waals surface area contributed by atoms with Crippen molar-refractivity contribution in [1.82, 2.24) is 15.3 Å². The van der Waals surface area contributed by atoms with Gasteiger partial charge in [-0.15, -0.1) is 0 Å². The van der Waals surface area contributed by atoms with Crippen LogP contribution in [0.1, 0.15) is 18.4 Å². The van der Waals surface area contributed by atoms with Gasteiger partial charge in [0.2, 0.25) is 5.95 Å². The summed E-state index contributed by atoms with van der Waals surface area (Å²) < 4.78 is 0. The van der Waals surface area contributed by atoms with E-state index in [9.17, 15) is 0 Å². The lowest BCUT2D eigenvalue weighted by molar-refractivity contribution is 0.765. The van der Waals surface area contributed by atoms with E-state index in [0.717, 1.165) is 47.5 Å². The molecule has 0 amide bonds. The lowest BCUT2D eigenvalue weighted by Crippen LogP contribution is -2.13. The highest BCUT2D eigenvalue weighted by Gasteiger charge is 2.04. The fourth-order valence-corrected chi connectivity index (χ4v) is 3.12. The van der Waals surface area contributed by atoms with Crippen LogP contribution in [0.15, 0.2) is 111 Å². The van der Waals surface area contributed by atoms with Gasteiger partial charge in [-0.2, -0.15) is 0 Å². The summed E-state index contributed by atoms with van der Waals surface area (Å²) in [4.78, 5) is 8.89. The number of nitrogens with zero attached hydrogens (tertiary/aromatic N) is 2. The fraction of sp³-hybridized carbons (Fsp3) is 0.111. The van der Waals surface area contributed by atoms with Crippen LogP contribution in [0.2, 0.25) is 0 Å². The Kier molecular flexibility index (Phi) is 7.95. The summed E-state index contributed by atoms with van der Waals surface area (Å²) in [5, 5.41) is 6.66. The van der Waals surface area contributed by atoms with E-state index in [0.29, 0.717) is 5.95 Å². The summed E-state index contributed by atoms with van der Waals surface area (Å²) in [5.41, 5.74) is 6.09. The maximum Gasteiger partial charge on any atom is 0.227 e. The van der Waals surface area contributed by atoms with Crippen molar-refractivity contribution < 1.29 is 0 Å². The Morgan fingerprint density at radius 3 is 2.42 bits per heavy atom. The van der Waals surface area contributed by atoms with E-state index < -0.39 is 0 Å². The molecule has 0 aliphatic rings. The number of anilines is 2. The third-order valence-electron chi connectivity index (χ3n) is 4.80. The van der Waals surface area contributed by atoms with Crippen LogP contribution in [0.3, 0.4) is 0 Å². The zero-order valence-electron chi connectivity index (χ0n) is 17.7. The maximum atomic E-state index is 4.44. The Bertz CT molecular complexity index is 1050. The maximum absolute atomic E-state index is 4.44. The predicted octanol–water partition coefficient (Wildman–Crippen LogP) is 6.53. The SMILES string of the molecule is C=C/C=C(\C=C)CCCNC(=C)c1cccc(Nc2ncc(-c3ccccc3)cn2)c1. The molecule has 4 nitrogen and oxygen atoms in total. The molecule has 4 heteroatoms. The van der Waals surface area contributed by atoms with Gasteiger partial charge in [-0.3, -0.25) is 0 Å². The predicted molar refractivity (Wildman–Crippen MR) is 132 cm³/mol. The van der Waals surface area contributed by atoms with E-state index in [1.807, 2.05) is 79.1 Å². The second kappa shape index (κ2) is 11.3. The number of aromatic nitrogens is 2. The summed E-state index contributed by atoms with van der Waals surface area (Å²) in [6.07, 6.45) is 11.3. The minimum atomic E-state index is 0.557. The topological polar surface area (TPSA) is 49.8 Å². The molecule has 1 aromatic heterocycles. The zero-order valence-corrected chi connectivity index (χ0v) is 17.7. The number of hydrogen-bond donors (Lipinski definition) is 2. The number of allylic oxidation sites excluding steroid dienone is 4. The van der Waals surface area contributed by atoms with Crippen molar-refractivity contribution in [1.29, 1.82) is 0 Å². The van der Waals surface area contributed by atoms with Crippen molar-refractivity contribution >= 4 is 17.3 Å². The highest BCUT2D eigenvalue weighted by atomic mass is 15.1. The molecule has 1 heterocycles. The minimum absolute atomic E-state index is 0.557. The van der Waals surface area contributed by atoms with E-state index in [1.54, 1.807) is 6.08 Å². The van der Waals surface area contributed by atoms with Crippen molar-refractivity contribution in [2.45, 2.75) is 12.8 Å². The Balaban J connectivity index is 1.56. The molecular weight excluding hydrogens is 380 g/mol. The van der Waals surface area contributed by atoms with Crippen molar-refractivity contribution in [3.05, 3.63) is 116 Å². The molecular formula is C27H28N4. The summed E-state index contributed by atoms with van der Waals surface area (Å²) in [6.45, 7) is 12.6. The first-order valence-corrected chi connectivity index (χ1v) is 10.3. The molecule has 0 radical (unpaired) electrons. The molecule has 0 bridgehead atoms. The molecule has 3 rings (SSSR count). The summed E-state index contributed by atoms with van der Waals surface area (Å²) >= 11 is 0. The minimum Gasteiger partial charge on any atom is -0.385 e. The van der Waals surface area contributed by atoms with Crippen LogP contribution < -0.4 is 10.6 Å². The van der Waals surface area contributed by atoms with Gasteiger partial charge in [0.1, 0.15) is 0 Å². The highest BCUT2D eigenvalue weighted by Crippen LogP contribution is 2.21. The summed E-state index contributed by atoms with van der Waals surface area (Å²) in [7, 11) is 0. The molecule has 156 valence electrons. The van der Waals surface area contributed by atoms with Gasteiger partial charge in [0.15, 0.2) is 0 Å². The van der Waals surface area contributed by atoms with E-state index in [4.69, 9.17) is 0 Å². The van der Waals surface area contributed by atoms with Gasteiger partial charge in [0, 0.05) is 35.9 Å². The molecule has 0 atom stereocenters. The van der Waals surface area contributed by atoms with Gasteiger partial charge in [-0.05, 0) is 41.7 Å².